The molecule has 0 saturated heterocycles. The van der Waals surface area contributed by atoms with Crippen molar-refractivity contribution in [2.75, 3.05) is 7.05 Å². The van der Waals surface area contributed by atoms with Crippen LogP contribution in [-0.2, 0) is 11.3 Å². The van der Waals surface area contributed by atoms with Crippen molar-refractivity contribution in [3.05, 3.63) is 70.5 Å². The highest BCUT2D eigenvalue weighted by molar-refractivity contribution is 8.00. The first-order valence-electron chi connectivity index (χ1n) is 8.79. The second kappa shape index (κ2) is 8.71. The molecule has 8 heteroatoms. The Morgan fingerprint density at radius 2 is 1.79 bits per heavy atom. The number of aromatic nitrogens is 2. The average Bonchev–Trinajstić information content (AvgIpc) is 2.72. The van der Waals surface area contributed by atoms with Gasteiger partial charge in [0.1, 0.15) is 5.25 Å². The number of carbonyl (C=O) groups excluding carboxylic acids is 2. The van der Waals surface area contributed by atoms with E-state index in [-0.39, 0.29) is 5.56 Å². The highest BCUT2D eigenvalue weighted by Gasteiger charge is 2.26. The molecule has 7 nitrogen and oxygen atoms in total. The van der Waals surface area contributed by atoms with Gasteiger partial charge in [-0.2, -0.15) is 0 Å². The third-order valence-electron chi connectivity index (χ3n) is 4.17. The fourth-order valence-electron chi connectivity index (χ4n) is 2.76. The molecule has 0 unspecified atom stereocenters. The minimum absolute atomic E-state index is 0.158. The summed E-state index contributed by atoms with van der Waals surface area (Å²) >= 11 is 1.14. The zero-order chi connectivity index (χ0) is 20.1. The smallest absolute Gasteiger partial charge is 0.321 e. The van der Waals surface area contributed by atoms with Crippen LogP contribution in [0.1, 0.15) is 17.7 Å². The molecule has 2 aromatic carbocycles. The predicted octanol–water partition coefficient (Wildman–Crippen LogP) is 2.71. The Labute approximate surface area is 166 Å². The van der Waals surface area contributed by atoms with E-state index in [1.807, 2.05) is 31.2 Å². The number of carbonyl (C=O) groups is 2. The molecule has 28 heavy (non-hydrogen) atoms. The van der Waals surface area contributed by atoms with Crippen LogP contribution in [0.25, 0.3) is 10.9 Å². The van der Waals surface area contributed by atoms with Gasteiger partial charge in [0.05, 0.1) is 10.9 Å². The van der Waals surface area contributed by atoms with Crippen molar-refractivity contribution in [2.24, 2.45) is 0 Å². The van der Waals surface area contributed by atoms with Crippen molar-refractivity contribution in [1.82, 2.24) is 20.2 Å². The Morgan fingerprint density at radius 1 is 1.11 bits per heavy atom. The Bertz CT molecular complexity index is 1070. The summed E-state index contributed by atoms with van der Waals surface area (Å²) in [4.78, 5) is 41.8. The van der Waals surface area contributed by atoms with Crippen molar-refractivity contribution in [2.45, 2.75) is 23.9 Å². The molecule has 3 aromatic rings. The Kier molecular flexibility index (Phi) is 6.10. The molecule has 0 fully saturated rings. The normalized spacial score (nSPS) is 11.8. The third-order valence-corrected chi connectivity index (χ3v) is 5.41. The summed E-state index contributed by atoms with van der Waals surface area (Å²) in [5.74, 6) is -0.486. The van der Waals surface area contributed by atoms with Gasteiger partial charge in [-0.15, -0.1) is 0 Å². The highest BCUT2D eigenvalue weighted by Crippen LogP contribution is 2.34. The molecule has 0 radical (unpaired) electrons. The summed E-state index contributed by atoms with van der Waals surface area (Å²) < 4.78 is 1.54. The van der Waals surface area contributed by atoms with Crippen LogP contribution in [0.3, 0.4) is 0 Å². The fraction of sp³-hybridized carbons (Fsp3) is 0.200. The molecule has 0 aliphatic heterocycles. The minimum Gasteiger partial charge on any atom is -0.341 e. The SMILES string of the molecule is CCn1c(S[C@@H](C(=O)NC(=O)NC)c2ccccc2)nc2ccccc2c1=O. The van der Waals surface area contributed by atoms with E-state index < -0.39 is 17.2 Å². The number of thioether (sulfide) groups is 1. The van der Waals surface area contributed by atoms with Gasteiger partial charge in [0, 0.05) is 13.6 Å². The molecule has 0 aliphatic rings. The van der Waals surface area contributed by atoms with Gasteiger partial charge in [-0.25, -0.2) is 9.78 Å². The minimum atomic E-state index is -0.746. The van der Waals surface area contributed by atoms with Gasteiger partial charge < -0.3 is 5.32 Å². The number of amides is 3. The molecular formula is C20H20N4O3S. The fourth-order valence-corrected chi connectivity index (χ4v) is 3.92. The van der Waals surface area contributed by atoms with Crippen molar-refractivity contribution in [1.29, 1.82) is 0 Å². The first-order valence-corrected chi connectivity index (χ1v) is 9.66. The van der Waals surface area contributed by atoms with Gasteiger partial charge in [-0.1, -0.05) is 54.2 Å². The topological polar surface area (TPSA) is 93.1 Å². The molecule has 1 atom stereocenters. The third kappa shape index (κ3) is 4.07. The van der Waals surface area contributed by atoms with Gasteiger partial charge in [0.2, 0.25) is 5.91 Å². The van der Waals surface area contributed by atoms with Gasteiger partial charge in [-0.05, 0) is 24.6 Å². The number of nitrogens with zero attached hydrogens (tertiary/aromatic N) is 2. The van der Waals surface area contributed by atoms with Crippen LogP contribution in [0, 0.1) is 0 Å². The standard InChI is InChI=1S/C20H20N4O3S/c1-3-24-18(26)14-11-7-8-12-15(14)22-20(24)28-16(13-9-5-4-6-10-13)17(25)23-19(27)21-2/h4-12,16H,3H2,1-2H3,(H2,21,23,25,27)/t16-/m1/s1. The number of urea groups is 1. The maximum atomic E-state index is 12.8. The molecule has 0 spiro atoms. The van der Waals surface area contributed by atoms with Crippen molar-refractivity contribution >= 4 is 34.6 Å². The molecule has 1 aromatic heterocycles. The number of nitrogens with one attached hydrogen (secondary N) is 2. The van der Waals surface area contributed by atoms with E-state index in [9.17, 15) is 14.4 Å². The highest BCUT2D eigenvalue weighted by atomic mass is 32.2. The summed E-state index contributed by atoms with van der Waals surface area (Å²) in [6.07, 6.45) is 0. The number of imide groups is 1. The number of rotatable bonds is 5. The zero-order valence-electron chi connectivity index (χ0n) is 15.5. The number of fused-ring (bicyclic) bond motifs is 1. The first kappa shape index (κ1) is 19.6. The maximum absolute atomic E-state index is 12.8. The zero-order valence-corrected chi connectivity index (χ0v) is 16.3. The Balaban J connectivity index is 2.06. The van der Waals surface area contributed by atoms with Gasteiger partial charge in [-0.3, -0.25) is 19.5 Å². The number of para-hydroxylation sites is 1. The number of benzene rings is 2. The molecule has 144 valence electrons. The second-order valence-electron chi connectivity index (χ2n) is 5.94. The monoisotopic (exact) mass is 396 g/mol. The molecular weight excluding hydrogens is 376 g/mol. The molecule has 0 saturated carbocycles. The second-order valence-corrected chi connectivity index (χ2v) is 7.01. The summed E-state index contributed by atoms with van der Waals surface area (Å²) in [6.45, 7) is 2.27. The lowest BCUT2D eigenvalue weighted by Crippen LogP contribution is -2.39. The van der Waals surface area contributed by atoms with Crippen molar-refractivity contribution in [3.63, 3.8) is 0 Å². The van der Waals surface area contributed by atoms with Crippen LogP contribution in [0.2, 0.25) is 0 Å². The van der Waals surface area contributed by atoms with Crippen molar-refractivity contribution in [3.8, 4) is 0 Å². The summed E-state index contributed by atoms with van der Waals surface area (Å²) in [5.41, 5.74) is 1.12. The number of hydrogen-bond acceptors (Lipinski definition) is 5. The lowest BCUT2D eigenvalue weighted by Gasteiger charge is -2.18. The van der Waals surface area contributed by atoms with Gasteiger partial charge >= 0.3 is 6.03 Å². The molecule has 0 aliphatic carbocycles. The molecule has 3 amide bonds. The van der Waals surface area contributed by atoms with Crippen LogP contribution in [-0.4, -0.2) is 28.5 Å². The van der Waals surface area contributed by atoms with Crippen LogP contribution in [0.5, 0.6) is 0 Å². The maximum Gasteiger partial charge on any atom is 0.321 e. The summed E-state index contributed by atoms with van der Waals surface area (Å²) in [7, 11) is 1.44. The van der Waals surface area contributed by atoms with Crippen LogP contribution in [0.4, 0.5) is 4.79 Å². The van der Waals surface area contributed by atoms with E-state index in [0.29, 0.717) is 28.2 Å². The van der Waals surface area contributed by atoms with E-state index in [0.717, 1.165) is 11.8 Å². The van der Waals surface area contributed by atoms with Gasteiger partial charge in [0.25, 0.3) is 5.56 Å². The largest absolute Gasteiger partial charge is 0.341 e. The van der Waals surface area contributed by atoms with Crippen LogP contribution in [0.15, 0.2) is 64.5 Å². The molecule has 1 heterocycles. The van der Waals surface area contributed by atoms with Crippen LogP contribution < -0.4 is 16.2 Å². The molecule has 2 N–H and O–H groups in total. The quantitative estimate of drug-likeness (QED) is 0.511. The lowest BCUT2D eigenvalue weighted by atomic mass is 10.1. The first-order chi connectivity index (χ1) is 13.5. The van der Waals surface area contributed by atoms with Gasteiger partial charge in [0.15, 0.2) is 5.16 Å². The van der Waals surface area contributed by atoms with E-state index in [2.05, 4.69) is 15.6 Å². The van der Waals surface area contributed by atoms with E-state index in [4.69, 9.17) is 0 Å². The predicted molar refractivity (Wildman–Crippen MR) is 109 cm³/mol. The van der Waals surface area contributed by atoms with E-state index in [1.165, 1.54) is 11.6 Å². The number of hydrogen-bond donors (Lipinski definition) is 2. The molecule has 0 bridgehead atoms. The average molecular weight is 396 g/mol. The van der Waals surface area contributed by atoms with Crippen LogP contribution >= 0.6 is 11.8 Å². The van der Waals surface area contributed by atoms with Crippen molar-refractivity contribution < 1.29 is 9.59 Å². The van der Waals surface area contributed by atoms with E-state index in [1.54, 1.807) is 30.3 Å². The Morgan fingerprint density at radius 3 is 2.46 bits per heavy atom. The lowest BCUT2D eigenvalue weighted by molar-refractivity contribution is -0.119. The Hall–Kier alpha value is -3.13. The molecule has 3 rings (SSSR count). The van der Waals surface area contributed by atoms with E-state index >= 15 is 0 Å². The summed E-state index contributed by atoms with van der Waals surface area (Å²) in [6, 6.07) is 15.6. The summed E-state index contributed by atoms with van der Waals surface area (Å²) in [5, 5.41) is 4.89.